The van der Waals surface area contributed by atoms with Crippen LogP contribution in [0.25, 0.3) is 0 Å². The van der Waals surface area contributed by atoms with Gasteiger partial charge in [-0.2, -0.15) is 5.26 Å². The average Bonchev–Trinajstić information content (AvgIpc) is 2.90. The molecule has 3 aliphatic rings. The van der Waals surface area contributed by atoms with Crippen LogP contribution < -0.4 is 0 Å². The molecule has 0 aromatic rings. The van der Waals surface area contributed by atoms with Crippen LogP contribution in [0, 0.1) is 40.4 Å². The van der Waals surface area contributed by atoms with E-state index in [9.17, 15) is 10.1 Å². The molecule has 0 atom stereocenters. The minimum atomic E-state index is -0.164. The summed E-state index contributed by atoms with van der Waals surface area (Å²) >= 11 is 0. The Kier molecular flexibility index (Phi) is 12.4. The predicted molar refractivity (Wildman–Crippen MR) is 145 cm³/mol. The number of unbranched alkanes of at least 4 members (excludes halogenated alkanes) is 6. The Hall–Kier alpha value is -1.04. The molecule has 0 unspecified atom stereocenters. The predicted octanol–water partition coefficient (Wildman–Crippen LogP) is 9.54. The second kappa shape index (κ2) is 15.3. The fraction of sp³-hybridized carbons (Fsp3) is 0.938. The first-order chi connectivity index (χ1) is 17.1. The van der Waals surface area contributed by atoms with E-state index in [1.54, 1.807) is 0 Å². The number of nitrogens with zero attached hydrogens (tertiary/aromatic N) is 1. The minimum Gasteiger partial charge on any atom is -0.462 e. The summed E-state index contributed by atoms with van der Waals surface area (Å²) in [6, 6.07) is 2.66. The standard InChI is InChI=1S/C32H55NO2/c1-3-5-7-8-10-22-32(25-33)23-20-30(21-24-32)35-31(34)29-18-16-28(17-19-29)27-14-12-26(13-15-27)11-9-6-4-2/h26-30H,3-24H2,1-2H3. The first-order valence-corrected chi connectivity index (χ1v) is 15.7. The topological polar surface area (TPSA) is 50.1 Å². The molecule has 200 valence electrons. The van der Waals surface area contributed by atoms with Gasteiger partial charge in [0.05, 0.1) is 17.4 Å². The van der Waals surface area contributed by atoms with E-state index >= 15 is 0 Å². The molecule has 0 spiro atoms. The van der Waals surface area contributed by atoms with E-state index in [1.807, 2.05) is 0 Å². The van der Waals surface area contributed by atoms with Crippen LogP contribution in [0.1, 0.15) is 155 Å². The summed E-state index contributed by atoms with van der Waals surface area (Å²) in [5.74, 6) is 2.93. The smallest absolute Gasteiger partial charge is 0.309 e. The largest absolute Gasteiger partial charge is 0.462 e. The molecule has 3 saturated carbocycles. The van der Waals surface area contributed by atoms with E-state index in [0.29, 0.717) is 0 Å². The van der Waals surface area contributed by atoms with Gasteiger partial charge in [-0.25, -0.2) is 0 Å². The molecule has 3 rings (SSSR count). The summed E-state index contributed by atoms with van der Waals surface area (Å²) in [4.78, 5) is 12.9. The van der Waals surface area contributed by atoms with Crippen LogP contribution in [0.15, 0.2) is 0 Å². The highest BCUT2D eigenvalue weighted by Crippen LogP contribution is 2.44. The fourth-order valence-electron chi connectivity index (χ4n) is 7.46. The summed E-state index contributed by atoms with van der Waals surface area (Å²) in [6.45, 7) is 4.54. The average molecular weight is 486 g/mol. The summed E-state index contributed by atoms with van der Waals surface area (Å²) in [5.41, 5.74) is -0.164. The Bertz CT molecular complexity index is 628. The minimum absolute atomic E-state index is 0.0461. The number of rotatable bonds is 13. The lowest BCUT2D eigenvalue weighted by atomic mass is 9.68. The molecule has 0 aromatic carbocycles. The Labute approximate surface area is 217 Å². The first kappa shape index (κ1) is 28.5. The quantitative estimate of drug-likeness (QED) is 0.193. The maximum Gasteiger partial charge on any atom is 0.309 e. The summed E-state index contributed by atoms with van der Waals surface area (Å²) in [6.07, 6.45) is 26.8. The molecule has 0 aliphatic heterocycles. The van der Waals surface area contributed by atoms with Gasteiger partial charge in [-0.05, 0) is 88.4 Å². The fourth-order valence-corrected chi connectivity index (χ4v) is 7.46. The van der Waals surface area contributed by atoms with Crippen LogP contribution in [-0.4, -0.2) is 12.1 Å². The maximum atomic E-state index is 12.9. The van der Waals surface area contributed by atoms with E-state index in [1.165, 1.54) is 96.3 Å². The molecule has 0 bridgehead atoms. The van der Waals surface area contributed by atoms with Crippen molar-refractivity contribution in [2.24, 2.45) is 29.1 Å². The Balaban J connectivity index is 1.31. The van der Waals surface area contributed by atoms with Crippen molar-refractivity contribution in [1.82, 2.24) is 0 Å². The number of hydrogen-bond donors (Lipinski definition) is 0. The van der Waals surface area contributed by atoms with Crippen LogP contribution in [-0.2, 0) is 9.53 Å². The highest BCUT2D eigenvalue weighted by Gasteiger charge is 2.38. The highest BCUT2D eigenvalue weighted by molar-refractivity contribution is 5.72. The van der Waals surface area contributed by atoms with Crippen molar-refractivity contribution >= 4 is 5.97 Å². The Morgan fingerprint density at radius 3 is 1.94 bits per heavy atom. The van der Waals surface area contributed by atoms with Crippen LogP contribution in [0.2, 0.25) is 0 Å². The van der Waals surface area contributed by atoms with Gasteiger partial charge in [-0.15, -0.1) is 0 Å². The molecule has 3 fully saturated rings. The normalized spacial score (nSPS) is 33.7. The lowest BCUT2D eigenvalue weighted by molar-refractivity contribution is -0.158. The number of carbonyl (C=O) groups is 1. The van der Waals surface area contributed by atoms with Crippen LogP contribution in [0.3, 0.4) is 0 Å². The molecule has 0 radical (unpaired) electrons. The van der Waals surface area contributed by atoms with E-state index in [0.717, 1.165) is 62.7 Å². The molecule has 3 aliphatic carbocycles. The third-order valence-electron chi connectivity index (χ3n) is 10.0. The second-order valence-electron chi connectivity index (χ2n) is 12.6. The van der Waals surface area contributed by atoms with Gasteiger partial charge in [0.2, 0.25) is 0 Å². The lowest BCUT2D eigenvalue weighted by Crippen LogP contribution is -2.34. The molecule has 0 amide bonds. The number of hydrogen-bond acceptors (Lipinski definition) is 3. The zero-order valence-corrected chi connectivity index (χ0v) is 23.2. The summed E-state index contributed by atoms with van der Waals surface area (Å²) < 4.78 is 6.02. The van der Waals surface area contributed by atoms with E-state index in [-0.39, 0.29) is 23.4 Å². The van der Waals surface area contributed by atoms with Crippen LogP contribution in [0.4, 0.5) is 0 Å². The van der Waals surface area contributed by atoms with Gasteiger partial charge in [-0.3, -0.25) is 4.79 Å². The Morgan fingerprint density at radius 2 is 1.34 bits per heavy atom. The third-order valence-corrected chi connectivity index (χ3v) is 10.0. The summed E-state index contributed by atoms with van der Waals surface area (Å²) in [5, 5.41) is 9.85. The van der Waals surface area contributed by atoms with Crippen LogP contribution in [0.5, 0.6) is 0 Å². The van der Waals surface area contributed by atoms with Crippen molar-refractivity contribution in [2.75, 3.05) is 0 Å². The first-order valence-electron chi connectivity index (χ1n) is 15.7. The maximum absolute atomic E-state index is 12.9. The molecule has 0 aromatic heterocycles. The Morgan fingerprint density at radius 1 is 0.771 bits per heavy atom. The zero-order valence-electron chi connectivity index (χ0n) is 23.2. The van der Waals surface area contributed by atoms with Gasteiger partial charge in [0.25, 0.3) is 0 Å². The van der Waals surface area contributed by atoms with Crippen LogP contribution >= 0.6 is 0 Å². The van der Waals surface area contributed by atoms with Crippen molar-refractivity contribution in [1.29, 1.82) is 5.26 Å². The third kappa shape index (κ3) is 9.09. The number of esters is 1. The van der Waals surface area contributed by atoms with Crippen molar-refractivity contribution in [2.45, 2.75) is 161 Å². The van der Waals surface area contributed by atoms with Gasteiger partial charge in [0, 0.05) is 0 Å². The molecule has 3 nitrogen and oxygen atoms in total. The summed E-state index contributed by atoms with van der Waals surface area (Å²) in [7, 11) is 0. The van der Waals surface area contributed by atoms with Crippen molar-refractivity contribution in [3.8, 4) is 6.07 Å². The molecular formula is C32H55NO2. The van der Waals surface area contributed by atoms with Crippen molar-refractivity contribution in [3.05, 3.63) is 0 Å². The highest BCUT2D eigenvalue weighted by atomic mass is 16.5. The molecule has 3 heteroatoms. The van der Waals surface area contributed by atoms with E-state index in [2.05, 4.69) is 19.9 Å². The molecule has 35 heavy (non-hydrogen) atoms. The van der Waals surface area contributed by atoms with Crippen molar-refractivity contribution < 1.29 is 9.53 Å². The molecule has 0 N–H and O–H groups in total. The van der Waals surface area contributed by atoms with Crippen molar-refractivity contribution in [3.63, 3.8) is 0 Å². The SMILES string of the molecule is CCCCCCCC1(C#N)CCC(OC(=O)C2CCC(C3CCC(CCCCC)CC3)CC2)CC1. The molecule has 0 heterocycles. The van der Waals surface area contributed by atoms with E-state index in [4.69, 9.17) is 4.74 Å². The number of ether oxygens (including phenoxy) is 1. The zero-order chi connectivity index (χ0) is 24.9. The molecule has 0 saturated heterocycles. The van der Waals surface area contributed by atoms with Gasteiger partial charge < -0.3 is 4.74 Å². The second-order valence-corrected chi connectivity index (χ2v) is 12.6. The number of carbonyl (C=O) groups excluding carboxylic acids is 1. The van der Waals surface area contributed by atoms with Gasteiger partial charge in [0.15, 0.2) is 0 Å². The van der Waals surface area contributed by atoms with Gasteiger partial charge >= 0.3 is 5.97 Å². The number of nitriles is 1. The molecular weight excluding hydrogens is 430 g/mol. The van der Waals surface area contributed by atoms with Gasteiger partial charge in [-0.1, -0.05) is 84.5 Å². The lowest BCUT2D eigenvalue weighted by Gasteiger charge is -2.38. The monoisotopic (exact) mass is 485 g/mol. The van der Waals surface area contributed by atoms with Gasteiger partial charge in [0.1, 0.15) is 6.10 Å². The van der Waals surface area contributed by atoms with E-state index < -0.39 is 0 Å².